The fourth-order valence-corrected chi connectivity index (χ4v) is 2.14. The van der Waals surface area contributed by atoms with Gasteiger partial charge in [0, 0.05) is 11.6 Å². The minimum Gasteiger partial charge on any atom is -0.392 e. The van der Waals surface area contributed by atoms with Crippen molar-refractivity contribution >= 4 is 10.9 Å². The van der Waals surface area contributed by atoms with Crippen molar-refractivity contribution in [3.63, 3.8) is 0 Å². The van der Waals surface area contributed by atoms with Crippen LogP contribution in [0, 0.1) is 5.92 Å². The van der Waals surface area contributed by atoms with Crippen LogP contribution in [0.1, 0.15) is 18.4 Å². The smallest absolute Gasteiger partial charge is 0.122 e. The number of hydrogen-bond donors (Lipinski definition) is 1. The minimum atomic E-state index is 0.0876. The summed E-state index contributed by atoms with van der Waals surface area (Å²) in [6, 6.07) is 8.04. The number of aromatic nitrogens is 1. The molecule has 0 atom stereocenters. The van der Waals surface area contributed by atoms with E-state index in [-0.39, 0.29) is 6.61 Å². The largest absolute Gasteiger partial charge is 0.392 e. The van der Waals surface area contributed by atoms with Gasteiger partial charge in [-0.25, -0.2) is 0 Å². The molecule has 1 aliphatic carbocycles. The summed E-state index contributed by atoms with van der Waals surface area (Å²) in [6.07, 6.45) is 4.67. The van der Waals surface area contributed by atoms with Gasteiger partial charge >= 0.3 is 0 Å². The predicted octanol–water partition coefficient (Wildman–Crippen LogP) is 2.52. The third-order valence-corrected chi connectivity index (χ3v) is 3.36. The highest BCUT2D eigenvalue weighted by Crippen LogP contribution is 2.29. The molecule has 3 nitrogen and oxygen atoms in total. The van der Waals surface area contributed by atoms with Crippen molar-refractivity contribution in [1.82, 2.24) is 4.57 Å². The topological polar surface area (TPSA) is 34.4 Å². The Morgan fingerprint density at radius 1 is 1.29 bits per heavy atom. The average Bonchev–Trinajstić information content (AvgIpc) is 3.09. The van der Waals surface area contributed by atoms with Crippen molar-refractivity contribution in [1.29, 1.82) is 0 Å². The lowest BCUT2D eigenvalue weighted by molar-refractivity contribution is 0.0718. The van der Waals surface area contributed by atoms with Gasteiger partial charge in [-0.3, -0.25) is 0 Å². The van der Waals surface area contributed by atoms with E-state index in [9.17, 15) is 5.11 Å². The van der Waals surface area contributed by atoms with Gasteiger partial charge in [0.25, 0.3) is 0 Å². The third kappa shape index (κ3) is 2.21. The molecular weight excluding hydrogens is 214 g/mol. The second kappa shape index (κ2) is 4.51. The molecule has 0 aliphatic heterocycles. The van der Waals surface area contributed by atoms with Gasteiger partial charge < -0.3 is 14.4 Å². The molecule has 0 spiro atoms. The molecule has 1 saturated carbocycles. The Kier molecular flexibility index (Phi) is 2.87. The Bertz CT molecular complexity index is 514. The molecule has 1 heterocycles. The Labute approximate surface area is 101 Å². The van der Waals surface area contributed by atoms with E-state index in [1.54, 1.807) is 0 Å². The highest BCUT2D eigenvalue weighted by Gasteiger charge is 2.21. The first-order valence-electron chi connectivity index (χ1n) is 6.14. The summed E-state index contributed by atoms with van der Waals surface area (Å²) < 4.78 is 7.78. The summed E-state index contributed by atoms with van der Waals surface area (Å²) in [7, 11) is 0. The molecule has 1 N–H and O–H groups in total. The molecule has 0 unspecified atom stereocenters. The second-order valence-corrected chi connectivity index (χ2v) is 4.74. The van der Waals surface area contributed by atoms with Gasteiger partial charge in [-0.05, 0) is 36.5 Å². The van der Waals surface area contributed by atoms with Crippen LogP contribution in [0.4, 0.5) is 0 Å². The highest BCUT2D eigenvalue weighted by atomic mass is 16.5. The number of nitrogens with zero attached hydrogens (tertiary/aromatic N) is 1. The number of hydrogen-bond acceptors (Lipinski definition) is 2. The van der Waals surface area contributed by atoms with Crippen LogP contribution in [0.25, 0.3) is 10.9 Å². The predicted molar refractivity (Wildman–Crippen MR) is 66.5 cm³/mol. The monoisotopic (exact) mass is 231 g/mol. The van der Waals surface area contributed by atoms with E-state index in [1.807, 2.05) is 24.4 Å². The fraction of sp³-hybridized carbons (Fsp3) is 0.429. The van der Waals surface area contributed by atoms with Crippen LogP contribution < -0.4 is 0 Å². The van der Waals surface area contributed by atoms with E-state index in [4.69, 9.17) is 4.74 Å². The van der Waals surface area contributed by atoms with Crippen molar-refractivity contribution in [2.45, 2.75) is 26.2 Å². The Morgan fingerprint density at radius 2 is 2.18 bits per heavy atom. The molecule has 2 aromatic rings. The molecule has 1 aromatic heterocycles. The first-order valence-corrected chi connectivity index (χ1v) is 6.14. The average molecular weight is 231 g/mol. The van der Waals surface area contributed by atoms with E-state index in [0.717, 1.165) is 29.0 Å². The van der Waals surface area contributed by atoms with Crippen LogP contribution in [0.3, 0.4) is 0 Å². The molecule has 1 fully saturated rings. The summed E-state index contributed by atoms with van der Waals surface area (Å²) in [4.78, 5) is 0. The maximum atomic E-state index is 9.26. The molecule has 3 rings (SSSR count). The van der Waals surface area contributed by atoms with Gasteiger partial charge in [0.05, 0.1) is 18.7 Å². The first kappa shape index (κ1) is 10.8. The maximum absolute atomic E-state index is 9.26. The van der Waals surface area contributed by atoms with Crippen LogP contribution in [0.2, 0.25) is 0 Å². The molecule has 0 amide bonds. The summed E-state index contributed by atoms with van der Waals surface area (Å²) >= 11 is 0. The summed E-state index contributed by atoms with van der Waals surface area (Å²) in [5.41, 5.74) is 2.11. The zero-order valence-corrected chi connectivity index (χ0v) is 9.80. The molecule has 90 valence electrons. The minimum absolute atomic E-state index is 0.0876. The number of aliphatic hydroxyl groups is 1. The maximum Gasteiger partial charge on any atom is 0.122 e. The lowest BCUT2D eigenvalue weighted by atomic mass is 10.1. The molecule has 0 saturated heterocycles. The summed E-state index contributed by atoms with van der Waals surface area (Å²) in [5.74, 6) is 0.796. The Hall–Kier alpha value is -1.32. The molecular formula is C14H17NO2. The Balaban J connectivity index is 1.79. The van der Waals surface area contributed by atoms with E-state index < -0.39 is 0 Å². The molecule has 0 radical (unpaired) electrons. The fourth-order valence-electron chi connectivity index (χ4n) is 2.14. The molecule has 3 heteroatoms. The lowest BCUT2D eigenvalue weighted by Gasteiger charge is -2.07. The molecule has 1 aromatic carbocycles. The lowest BCUT2D eigenvalue weighted by Crippen LogP contribution is -2.03. The van der Waals surface area contributed by atoms with Gasteiger partial charge in [0.15, 0.2) is 0 Å². The second-order valence-electron chi connectivity index (χ2n) is 4.74. The molecule has 0 bridgehead atoms. The van der Waals surface area contributed by atoms with Crippen molar-refractivity contribution in [3.8, 4) is 0 Å². The summed E-state index contributed by atoms with van der Waals surface area (Å²) in [5, 5.41) is 10.4. The van der Waals surface area contributed by atoms with Gasteiger partial charge in [-0.15, -0.1) is 0 Å². The van der Waals surface area contributed by atoms with Gasteiger partial charge in [0.1, 0.15) is 6.73 Å². The van der Waals surface area contributed by atoms with Gasteiger partial charge in [0.2, 0.25) is 0 Å². The van der Waals surface area contributed by atoms with Crippen molar-refractivity contribution < 1.29 is 9.84 Å². The van der Waals surface area contributed by atoms with Crippen molar-refractivity contribution in [3.05, 3.63) is 36.0 Å². The van der Waals surface area contributed by atoms with Crippen molar-refractivity contribution in [2.75, 3.05) is 6.61 Å². The summed E-state index contributed by atoms with van der Waals surface area (Å²) in [6.45, 7) is 1.57. The Morgan fingerprint density at radius 3 is 2.94 bits per heavy atom. The number of benzene rings is 1. The van der Waals surface area contributed by atoms with Crippen LogP contribution in [0.5, 0.6) is 0 Å². The van der Waals surface area contributed by atoms with Crippen LogP contribution >= 0.6 is 0 Å². The quantitative estimate of drug-likeness (QED) is 0.858. The van der Waals surface area contributed by atoms with E-state index >= 15 is 0 Å². The zero-order chi connectivity index (χ0) is 11.7. The van der Waals surface area contributed by atoms with Crippen LogP contribution in [-0.4, -0.2) is 16.3 Å². The van der Waals surface area contributed by atoms with Gasteiger partial charge in [-0.2, -0.15) is 0 Å². The standard InChI is InChI=1S/C14H17NO2/c16-8-12-2-1-3-14-13(12)6-7-15(14)10-17-9-11-4-5-11/h1-3,6-7,11,16H,4-5,8-10H2. The molecule has 1 aliphatic rings. The molecule has 17 heavy (non-hydrogen) atoms. The van der Waals surface area contributed by atoms with E-state index in [1.165, 1.54) is 12.8 Å². The normalized spacial score (nSPS) is 15.6. The van der Waals surface area contributed by atoms with Crippen LogP contribution in [0.15, 0.2) is 30.5 Å². The van der Waals surface area contributed by atoms with E-state index in [0.29, 0.717) is 6.73 Å². The zero-order valence-electron chi connectivity index (χ0n) is 9.80. The van der Waals surface area contributed by atoms with Gasteiger partial charge in [-0.1, -0.05) is 12.1 Å². The van der Waals surface area contributed by atoms with E-state index in [2.05, 4.69) is 10.6 Å². The first-order chi connectivity index (χ1) is 8.38. The number of ether oxygens (including phenoxy) is 1. The van der Waals surface area contributed by atoms with Crippen molar-refractivity contribution in [2.24, 2.45) is 5.92 Å². The highest BCUT2D eigenvalue weighted by molar-refractivity contribution is 5.83. The van der Waals surface area contributed by atoms with Crippen LogP contribution in [-0.2, 0) is 18.1 Å². The SMILES string of the molecule is OCc1cccc2c1ccn2COCC1CC1. The number of rotatable bonds is 5. The third-order valence-electron chi connectivity index (χ3n) is 3.36. The number of aliphatic hydroxyl groups excluding tert-OH is 1. The number of fused-ring (bicyclic) bond motifs is 1.